The highest BCUT2D eigenvalue weighted by molar-refractivity contribution is 14.0. The molecule has 7 heavy (non-hydrogen) atoms. The van der Waals surface area contributed by atoms with Gasteiger partial charge in [0.25, 0.3) is 0 Å². The zero-order valence-electron chi connectivity index (χ0n) is 0.408. The van der Waals surface area contributed by atoms with Crippen molar-refractivity contribution < 1.29 is 0 Å². The Bertz CT molecular complexity index is 4.14. The van der Waals surface area contributed by atoms with Crippen LogP contribution < -0.4 is 0 Å². The van der Waals surface area contributed by atoms with E-state index in [0.717, 1.165) is 0 Å². The minimum Gasteiger partial charge on any atom is -0.107 e. The number of halogens is 1. The van der Waals surface area contributed by atoms with Gasteiger partial charge in [-0.2, -0.15) is 0 Å². The van der Waals surface area contributed by atoms with Crippen LogP contribution in [0, 0.1) is 0 Å². The van der Waals surface area contributed by atoms with Crippen LogP contribution in [0.4, 0.5) is 0 Å². The van der Waals surface area contributed by atoms with Crippen LogP contribution >= 0.6 is 24.0 Å². The summed E-state index contributed by atoms with van der Waals surface area (Å²) in [7, 11) is 0. The van der Waals surface area contributed by atoms with Crippen molar-refractivity contribution in [3.05, 3.63) is 0 Å². The van der Waals surface area contributed by atoms with Crippen LogP contribution in [0.1, 0.15) is 44.6 Å². The molecule has 0 unspecified atom stereocenters. The van der Waals surface area contributed by atoms with Crippen molar-refractivity contribution in [1.29, 1.82) is 0 Å². The predicted octanol–water partition coefficient (Wildman–Crippen LogP) is 4.43. The molecule has 0 aromatic carbocycles. The molecule has 56 valence electrons. The third kappa shape index (κ3) is 283. The lowest BCUT2D eigenvalue weighted by Crippen LogP contribution is 0.143. The van der Waals surface area contributed by atoms with Crippen LogP contribution in [0.5, 0.6) is 0 Å². The summed E-state index contributed by atoms with van der Waals surface area (Å²) in [6, 6.07) is 0. The average Bonchev–Trinajstić information content (AvgIpc) is 0. The topological polar surface area (TPSA) is 0 Å². The van der Waals surface area contributed by atoms with E-state index in [1.807, 2.05) is 0 Å². The quantitative estimate of drug-likeness (QED) is 0.534. The summed E-state index contributed by atoms with van der Waals surface area (Å²) in [6.07, 6.45) is 0. The zero-order chi connectivity index (χ0) is 0. The summed E-state index contributed by atoms with van der Waals surface area (Å²) in [5, 5.41) is 0. The maximum absolute atomic E-state index is 0. The van der Waals surface area contributed by atoms with E-state index >= 15 is 0 Å². The molecule has 0 aliphatic rings. The molecule has 0 aliphatic carbocycles. The minimum atomic E-state index is 0. The van der Waals surface area contributed by atoms with Gasteiger partial charge < -0.3 is 0 Å². The van der Waals surface area contributed by atoms with E-state index < -0.39 is 0 Å². The summed E-state index contributed by atoms with van der Waals surface area (Å²) < 4.78 is 0. The van der Waals surface area contributed by atoms with Crippen LogP contribution in [0.25, 0.3) is 0 Å². The lowest BCUT2D eigenvalue weighted by atomic mass is 12.0. The predicted molar refractivity (Wildman–Crippen MR) is 55.8 cm³/mol. The monoisotopic (exact) mass is 224 g/mol. The highest BCUT2D eigenvalue weighted by atomic mass is 127. The fraction of sp³-hybridized carbons (Fsp3) is 1.00. The van der Waals surface area contributed by atoms with E-state index in [1.165, 1.54) is 0 Å². The Kier molecular flexibility index (Phi) is 38900. The van der Waals surface area contributed by atoms with Gasteiger partial charge in [0.2, 0.25) is 0 Å². The molecule has 0 aromatic heterocycles. The highest BCUT2D eigenvalue weighted by Crippen LogP contribution is 0.886. The Morgan fingerprint density at radius 1 is 0.286 bits per heavy atom. The summed E-state index contributed by atoms with van der Waals surface area (Å²) in [6.45, 7) is 0. The van der Waals surface area contributed by atoms with Gasteiger partial charge >= 0.3 is 0 Å². The van der Waals surface area contributed by atoms with E-state index in [0.29, 0.717) is 0 Å². The van der Waals surface area contributed by atoms with Gasteiger partial charge in [0, 0.05) is 0 Å². The van der Waals surface area contributed by atoms with Crippen LogP contribution in [0.2, 0.25) is 0 Å². The third-order valence-corrected chi connectivity index (χ3v) is 0. The molecule has 0 aromatic rings. The second-order valence-corrected chi connectivity index (χ2v) is 0. The Morgan fingerprint density at radius 2 is 0.286 bits per heavy atom. The molecule has 0 saturated carbocycles. The first-order chi connectivity index (χ1) is 0. The molecule has 0 amide bonds. The van der Waals surface area contributed by atoms with Gasteiger partial charge in [0.15, 0.2) is 0 Å². The Balaban J connectivity index is 0. The molecular formula is C6H25I. The molecule has 0 radical (unpaired) electrons. The van der Waals surface area contributed by atoms with Crippen molar-refractivity contribution in [2.24, 2.45) is 0 Å². The Hall–Kier alpha value is 0.730. The van der Waals surface area contributed by atoms with Gasteiger partial charge in [-0.15, -0.1) is 24.0 Å². The lowest BCUT2D eigenvalue weighted by Gasteiger charge is -0.108. The van der Waals surface area contributed by atoms with E-state index in [9.17, 15) is 0 Å². The van der Waals surface area contributed by atoms with Gasteiger partial charge in [0.05, 0.1) is 0 Å². The highest BCUT2D eigenvalue weighted by Gasteiger charge is -0.0724. The summed E-state index contributed by atoms with van der Waals surface area (Å²) in [5.74, 6) is 0. The third-order valence-electron chi connectivity index (χ3n) is 0. The lowest BCUT2D eigenvalue weighted by molar-refractivity contribution is 2.50. The van der Waals surface area contributed by atoms with Crippen LogP contribution in [-0.4, -0.2) is 0 Å². The molecule has 0 fully saturated rings. The zero-order valence-corrected chi connectivity index (χ0v) is 2.74. The standard InChI is InChI=1S/6CH4.HI/h6*1H4;1H. The van der Waals surface area contributed by atoms with E-state index in [4.69, 9.17) is 0 Å². The van der Waals surface area contributed by atoms with E-state index in [-0.39, 0.29) is 68.5 Å². The van der Waals surface area contributed by atoms with Crippen molar-refractivity contribution in [3.63, 3.8) is 0 Å². The largest absolute Gasteiger partial charge is 0.107 e. The molecule has 0 saturated heterocycles. The van der Waals surface area contributed by atoms with Crippen LogP contribution in [0.3, 0.4) is 0 Å². The summed E-state index contributed by atoms with van der Waals surface area (Å²) in [5.41, 5.74) is 0. The summed E-state index contributed by atoms with van der Waals surface area (Å²) >= 11 is 0. The van der Waals surface area contributed by atoms with Crippen LogP contribution in [0.15, 0.2) is 0 Å². The smallest absolute Gasteiger partial charge is 0.0776 e. The van der Waals surface area contributed by atoms with E-state index in [2.05, 4.69) is 0 Å². The first kappa shape index (κ1) is 657. The Labute approximate surface area is 68.7 Å². The van der Waals surface area contributed by atoms with Crippen molar-refractivity contribution in [2.75, 3.05) is 0 Å². The van der Waals surface area contributed by atoms with E-state index in [1.54, 1.807) is 0 Å². The van der Waals surface area contributed by atoms with Crippen molar-refractivity contribution in [3.8, 4) is 0 Å². The van der Waals surface area contributed by atoms with Crippen molar-refractivity contribution >= 4 is 24.0 Å². The second kappa shape index (κ2) is 415. The average molecular weight is 224 g/mol. The van der Waals surface area contributed by atoms with Gasteiger partial charge in [-0.05, 0) is 0 Å². The Morgan fingerprint density at radius 3 is 0.286 bits per heavy atom. The first-order valence-electron chi connectivity index (χ1n) is 0. The van der Waals surface area contributed by atoms with Gasteiger partial charge in [-0.25, -0.2) is 0 Å². The van der Waals surface area contributed by atoms with Crippen molar-refractivity contribution in [2.45, 2.75) is 44.6 Å². The number of hydrogen-bond donors (Lipinski definition) is 0. The van der Waals surface area contributed by atoms with Crippen molar-refractivity contribution in [1.82, 2.24) is 0 Å². The van der Waals surface area contributed by atoms with Crippen LogP contribution in [-0.2, 0) is 0 Å². The maximum Gasteiger partial charge on any atom is -0.0776 e. The van der Waals surface area contributed by atoms with Gasteiger partial charge in [-0.1, -0.05) is 44.6 Å². The molecule has 0 N–H and O–H groups in total. The molecule has 0 heterocycles. The SMILES string of the molecule is C.C.C.C.C.C.I. The fourth-order valence-corrected chi connectivity index (χ4v) is 0. The second-order valence-electron chi connectivity index (χ2n) is 0. The molecule has 0 atom stereocenters. The molecule has 0 bridgehead atoms. The molecule has 0 spiro atoms. The molecular weight excluding hydrogens is 199 g/mol. The number of hydrogen-bond acceptors (Lipinski definition) is 0. The first-order valence-corrected chi connectivity index (χ1v) is 0. The molecule has 1 heteroatoms. The van der Waals surface area contributed by atoms with Gasteiger partial charge in [0.1, 0.15) is 0 Å². The minimum absolute atomic E-state index is 0. The normalized spacial score (nSPS) is 0. The van der Waals surface area contributed by atoms with Gasteiger partial charge in [-0.3, -0.25) is 0 Å². The molecule has 0 rings (SSSR count). The maximum atomic E-state index is 0. The number of rotatable bonds is 0. The molecule has 0 nitrogen and oxygen atoms in total. The molecule has 0 aliphatic heterocycles. The summed E-state index contributed by atoms with van der Waals surface area (Å²) in [4.78, 5) is 0. The fourth-order valence-electron chi connectivity index (χ4n) is 0.